The number of carbonyl (C=O) groups is 1. The third-order valence-corrected chi connectivity index (χ3v) is 5.30. The van der Waals surface area contributed by atoms with Crippen LogP contribution in [-0.4, -0.2) is 30.7 Å². The number of fused-ring (bicyclic) bond motifs is 1. The molecule has 0 atom stereocenters. The fraction of sp³-hybridized carbons (Fsp3) is 0.286. The van der Waals surface area contributed by atoms with Crippen molar-refractivity contribution in [2.75, 3.05) is 19.8 Å². The highest BCUT2D eigenvalue weighted by Crippen LogP contribution is 2.30. The van der Waals surface area contributed by atoms with Crippen molar-refractivity contribution in [3.8, 4) is 11.5 Å². The summed E-state index contributed by atoms with van der Waals surface area (Å²) in [5, 5.41) is 5.03. The van der Waals surface area contributed by atoms with Gasteiger partial charge in [-0.3, -0.25) is 0 Å². The number of carbonyl (C=O) groups excluding carboxylic acids is 1. The van der Waals surface area contributed by atoms with Gasteiger partial charge in [-0.15, -0.1) is 11.3 Å². The lowest BCUT2D eigenvalue weighted by molar-refractivity contribution is 0.171. The van der Waals surface area contributed by atoms with Crippen LogP contribution in [0.25, 0.3) is 0 Å². The second-order valence-corrected chi connectivity index (χ2v) is 7.51. The topological polar surface area (TPSA) is 63.9 Å². The second-order valence-electron chi connectivity index (χ2n) is 6.47. The van der Waals surface area contributed by atoms with Gasteiger partial charge >= 0.3 is 6.03 Å². The van der Waals surface area contributed by atoms with Crippen LogP contribution in [0.1, 0.15) is 16.2 Å². The van der Waals surface area contributed by atoms with Crippen molar-refractivity contribution in [2.45, 2.75) is 19.5 Å². The number of hydrogen-bond acceptors (Lipinski definition) is 5. The Morgan fingerprint density at radius 2 is 1.96 bits per heavy atom. The second kappa shape index (κ2) is 8.84. The van der Waals surface area contributed by atoms with Gasteiger partial charge in [0.25, 0.3) is 0 Å². The molecule has 0 aliphatic carbocycles. The van der Waals surface area contributed by atoms with Crippen LogP contribution in [0.4, 0.5) is 4.79 Å². The smallest absolute Gasteiger partial charge is 0.318 e. The Morgan fingerprint density at radius 1 is 1.07 bits per heavy atom. The molecule has 0 bridgehead atoms. The highest BCUT2D eigenvalue weighted by molar-refractivity contribution is 7.09. The fourth-order valence-corrected chi connectivity index (χ4v) is 3.77. The van der Waals surface area contributed by atoms with Crippen LogP contribution in [0, 0.1) is 0 Å². The number of furan rings is 1. The highest BCUT2D eigenvalue weighted by Gasteiger charge is 2.17. The predicted octanol–water partition coefficient (Wildman–Crippen LogP) is 4.07. The first-order valence-corrected chi connectivity index (χ1v) is 10.1. The molecule has 0 spiro atoms. The molecule has 1 N–H and O–H groups in total. The highest BCUT2D eigenvalue weighted by atomic mass is 32.1. The molecule has 3 heterocycles. The number of urea groups is 1. The Kier molecular flexibility index (Phi) is 5.82. The molecule has 146 valence electrons. The summed E-state index contributed by atoms with van der Waals surface area (Å²) in [4.78, 5) is 15.6. The zero-order chi connectivity index (χ0) is 19.2. The molecule has 1 aromatic carbocycles. The van der Waals surface area contributed by atoms with Crippen LogP contribution in [0.5, 0.6) is 11.5 Å². The van der Waals surface area contributed by atoms with E-state index in [1.165, 1.54) is 0 Å². The molecule has 0 saturated heterocycles. The third kappa shape index (κ3) is 4.67. The van der Waals surface area contributed by atoms with Crippen molar-refractivity contribution in [3.05, 3.63) is 70.3 Å². The molecule has 3 aromatic rings. The first kappa shape index (κ1) is 18.4. The monoisotopic (exact) mass is 398 g/mol. The number of nitrogens with one attached hydrogen (secondary N) is 1. The van der Waals surface area contributed by atoms with Crippen LogP contribution >= 0.6 is 11.3 Å². The number of benzene rings is 1. The summed E-state index contributed by atoms with van der Waals surface area (Å²) in [6.07, 6.45) is 2.34. The van der Waals surface area contributed by atoms with Crippen molar-refractivity contribution in [1.29, 1.82) is 0 Å². The normalized spacial score (nSPS) is 12.6. The first-order valence-electron chi connectivity index (χ1n) is 9.24. The van der Waals surface area contributed by atoms with E-state index in [2.05, 4.69) is 5.32 Å². The minimum absolute atomic E-state index is 0.109. The number of hydrogen-bond donors (Lipinski definition) is 1. The maximum absolute atomic E-state index is 12.8. The van der Waals surface area contributed by atoms with Gasteiger partial charge in [-0.1, -0.05) is 12.1 Å². The van der Waals surface area contributed by atoms with Crippen molar-refractivity contribution >= 4 is 17.4 Å². The molecule has 1 aliphatic rings. The van der Waals surface area contributed by atoms with Crippen molar-refractivity contribution < 1.29 is 18.7 Å². The molecule has 2 amide bonds. The Bertz CT molecular complexity index is 857. The van der Waals surface area contributed by atoms with E-state index in [1.54, 1.807) is 22.5 Å². The van der Waals surface area contributed by atoms with Crippen LogP contribution < -0.4 is 14.8 Å². The van der Waals surface area contributed by atoms with Gasteiger partial charge in [-0.25, -0.2) is 4.79 Å². The summed E-state index contributed by atoms with van der Waals surface area (Å²) < 4.78 is 16.6. The van der Waals surface area contributed by atoms with Gasteiger partial charge < -0.3 is 24.1 Å². The number of nitrogens with zero attached hydrogens (tertiary/aromatic N) is 1. The lowest BCUT2D eigenvalue weighted by Gasteiger charge is -2.22. The average molecular weight is 398 g/mol. The van der Waals surface area contributed by atoms with Crippen LogP contribution in [0.15, 0.2) is 58.5 Å². The minimum atomic E-state index is -0.109. The van der Waals surface area contributed by atoms with E-state index < -0.39 is 0 Å². The molecule has 1 aliphatic heterocycles. The first-order chi connectivity index (χ1) is 13.8. The maximum Gasteiger partial charge on any atom is 0.318 e. The summed E-state index contributed by atoms with van der Waals surface area (Å²) in [6, 6.07) is 13.5. The molecule has 0 unspecified atom stereocenters. The molecule has 6 nitrogen and oxygen atoms in total. The van der Waals surface area contributed by atoms with Crippen LogP contribution in [-0.2, 0) is 19.5 Å². The van der Waals surface area contributed by atoms with Crippen molar-refractivity contribution in [1.82, 2.24) is 10.2 Å². The van der Waals surface area contributed by atoms with E-state index in [0.29, 0.717) is 32.8 Å². The van der Waals surface area contributed by atoms with Crippen molar-refractivity contribution in [2.24, 2.45) is 0 Å². The lowest BCUT2D eigenvalue weighted by atomic mass is 10.1. The quantitative estimate of drug-likeness (QED) is 0.652. The van der Waals surface area contributed by atoms with E-state index >= 15 is 0 Å². The SMILES string of the molecule is O=C(NCCc1ccc2c(c1)OCCO2)N(Cc1ccco1)Cc1cccs1. The molecular formula is C21H22N2O4S. The molecule has 0 fully saturated rings. The number of thiophene rings is 1. The standard InChI is InChI=1S/C21H22N2O4S/c24-21(22-8-7-16-5-6-19-20(13-16)27-11-10-26-19)23(14-17-3-1-9-25-17)15-18-4-2-12-28-18/h1-6,9,12-13H,7-8,10-11,14-15H2,(H,22,24). The molecule has 28 heavy (non-hydrogen) atoms. The fourth-order valence-electron chi connectivity index (χ4n) is 3.05. The van der Waals surface area contributed by atoms with Gasteiger partial charge in [-0.05, 0) is 47.7 Å². The summed E-state index contributed by atoms with van der Waals surface area (Å²) >= 11 is 1.64. The summed E-state index contributed by atoms with van der Waals surface area (Å²) in [7, 11) is 0. The molecule has 4 rings (SSSR count). The summed E-state index contributed by atoms with van der Waals surface area (Å²) in [6.45, 7) is 2.67. The summed E-state index contributed by atoms with van der Waals surface area (Å²) in [5.74, 6) is 2.31. The van der Waals surface area contributed by atoms with Gasteiger partial charge in [0.15, 0.2) is 11.5 Å². The van der Waals surface area contributed by atoms with Gasteiger partial charge in [-0.2, -0.15) is 0 Å². The van der Waals surface area contributed by atoms with E-state index in [4.69, 9.17) is 13.9 Å². The van der Waals surface area contributed by atoms with Crippen LogP contribution in [0.2, 0.25) is 0 Å². The van der Waals surface area contributed by atoms with Gasteiger partial charge in [0.1, 0.15) is 19.0 Å². The predicted molar refractivity (Wildman–Crippen MR) is 107 cm³/mol. The van der Waals surface area contributed by atoms with Gasteiger partial charge in [0.2, 0.25) is 0 Å². The van der Waals surface area contributed by atoms with Gasteiger partial charge in [0, 0.05) is 11.4 Å². The third-order valence-electron chi connectivity index (χ3n) is 4.44. The lowest BCUT2D eigenvalue weighted by Crippen LogP contribution is -2.39. The van der Waals surface area contributed by atoms with Crippen LogP contribution in [0.3, 0.4) is 0 Å². The Balaban J connectivity index is 1.34. The largest absolute Gasteiger partial charge is 0.486 e. The Hall–Kier alpha value is -2.93. The van der Waals surface area contributed by atoms with E-state index in [0.717, 1.165) is 34.1 Å². The molecule has 0 saturated carbocycles. The Labute approximate surface area is 167 Å². The molecular weight excluding hydrogens is 376 g/mol. The van der Waals surface area contributed by atoms with Crippen molar-refractivity contribution in [3.63, 3.8) is 0 Å². The number of ether oxygens (including phenoxy) is 2. The molecule has 7 heteroatoms. The number of amides is 2. The summed E-state index contributed by atoms with van der Waals surface area (Å²) in [5.41, 5.74) is 1.10. The van der Waals surface area contributed by atoms with E-state index in [1.807, 2.05) is 47.8 Å². The molecule has 0 radical (unpaired) electrons. The minimum Gasteiger partial charge on any atom is -0.486 e. The van der Waals surface area contributed by atoms with E-state index in [-0.39, 0.29) is 6.03 Å². The van der Waals surface area contributed by atoms with Gasteiger partial charge in [0.05, 0.1) is 19.4 Å². The zero-order valence-corrected chi connectivity index (χ0v) is 16.2. The Morgan fingerprint density at radius 3 is 2.75 bits per heavy atom. The average Bonchev–Trinajstić information content (AvgIpc) is 3.41. The number of rotatable bonds is 7. The maximum atomic E-state index is 12.8. The molecule has 2 aromatic heterocycles. The van der Waals surface area contributed by atoms with E-state index in [9.17, 15) is 4.79 Å². The zero-order valence-electron chi connectivity index (χ0n) is 15.4.